The van der Waals surface area contributed by atoms with Crippen molar-refractivity contribution in [3.05, 3.63) is 11.8 Å². The maximum Gasteiger partial charge on any atom is 0.573 e. The number of methoxy groups -OCH3 is 1. The molecular formula is C8H9F3N2O4S. The first-order chi connectivity index (χ1) is 8.06. The van der Waals surface area contributed by atoms with Gasteiger partial charge >= 0.3 is 6.36 Å². The SMILES string of the molecule is COc1c(S(N)(=O)=O)ncc(C)c1OC(F)(F)F. The Hall–Kier alpha value is -1.55. The maximum atomic E-state index is 12.2. The summed E-state index contributed by atoms with van der Waals surface area (Å²) in [7, 11) is -3.34. The molecule has 0 fully saturated rings. The van der Waals surface area contributed by atoms with Gasteiger partial charge in [-0.15, -0.1) is 13.2 Å². The van der Waals surface area contributed by atoms with E-state index in [0.29, 0.717) is 0 Å². The van der Waals surface area contributed by atoms with Crippen LogP contribution >= 0.6 is 0 Å². The van der Waals surface area contributed by atoms with Crippen molar-refractivity contribution in [2.45, 2.75) is 18.3 Å². The fourth-order valence-electron chi connectivity index (χ4n) is 1.17. The van der Waals surface area contributed by atoms with Gasteiger partial charge in [0.1, 0.15) is 0 Å². The Morgan fingerprint density at radius 2 is 1.89 bits per heavy atom. The van der Waals surface area contributed by atoms with Crippen LogP contribution in [0.4, 0.5) is 13.2 Å². The highest BCUT2D eigenvalue weighted by atomic mass is 32.2. The number of primary sulfonamides is 1. The number of aryl methyl sites for hydroxylation is 1. The Morgan fingerprint density at radius 1 is 1.33 bits per heavy atom. The van der Waals surface area contributed by atoms with Gasteiger partial charge in [-0.05, 0) is 6.92 Å². The lowest BCUT2D eigenvalue weighted by atomic mass is 10.3. The molecule has 6 nitrogen and oxygen atoms in total. The van der Waals surface area contributed by atoms with Crippen LogP contribution < -0.4 is 14.6 Å². The number of aromatic nitrogens is 1. The van der Waals surface area contributed by atoms with Crippen LogP contribution in [0.1, 0.15) is 5.56 Å². The first-order valence-corrected chi connectivity index (χ1v) is 5.93. The van der Waals surface area contributed by atoms with E-state index in [-0.39, 0.29) is 5.56 Å². The van der Waals surface area contributed by atoms with Gasteiger partial charge in [0, 0.05) is 11.8 Å². The molecule has 2 N–H and O–H groups in total. The molecule has 1 rings (SSSR count). The average Bonchev–Trinajstić information content (AvgIpc) is 2.17. The number of nitrogens with zero attached hydrogens (tertiary/aromatic N) is 1. The number of ether oxygens (including phenoxy) is 2. The van der Waals surface area contributed by atoms with Gasteiger partial charge in [0.2, 0.25) is 10.8 Å². The molecule has 0 aliphatic rings. The molecule has 0 saturated heterocycles. The molecule has 0 aromatic carbocycles. The summed E-state index contributed by atoms with van der Waals surface area (Å²) in [6.07, 6.45) is -4.10. The Balaban J connectivity index is 3.50. The summed E-state index contributed by atoms with van der Waals surface area (Å²) >= 11 is 0. The van der Waals surface area contributed by atoms with Crippen molar-refractivity contribution in [3.8, 4) is 11.5 Å². The normalized spacial score (nSPS) is 12.3. The van der Waals surface area contributed by atoms with Crippen molar-refractivity contribution in [2.24, 2.45) is 5.14 Å². The molecule has 1 aromatic heterocycles. The van der Waals surface area contributed by atoms with Crippen LogP contribution in [0.3, 0.4) is 0 Å². The molecule has 0 saturated carbocycles. The Labute approximate surface area is 101 Å². The fraction of sp³-hybridized carbons (Fsp3) is 0.375. The van der Waals surface area contributed by atoms with E-state index in [1.54, 1.807) is 0 Å². The molecular weight excluding hydrogens is 277 g/mol. The molecule has 0 spiro atoms. The number of hydrogen-bond donors (Lipinski definition) is 1. The number of halogens is 3. The molecule has 10 heteroatoms. The van der Waals surface area contributed by atoms with Crippen LogP contribution in [0.2, 0.25) is 0 Å². The molecule has 0 amide bonds. The molecule has 0 unspecified atom stereocenters. The van der Waals surface area contributed by atoms with Crippen LogP contribution in [0, 0.1) is 6.92 Å². The van der Waals surface area contributed by atoms with Gasteiger partial charge in [-0.25, -0.2) is 18.5 Å². The summed E-state index contributed by atoms with van der Waals surface area (Å²) in [6.45, 7) is 1.25. The lowest BCUT2D eigenvalue weighted by Gasteiger charge is -2.16. The highest BCUT2D eigenvalue weighted by Gasteiger charge is 2.35. The zero-order valence-corrected chi connectivity index (χ0v) is 10.1. The van der Waals surface area contributed by atoms with E-state index >= 15 is 0 Å². The van der Waals surface area contributed by atoms with E-state index in [2.05, 4.69) is 14.5 Å². The second-order valence-corrected chi connectivity index (χ2v) is 4.68. The Bertz CT molecular complexity index is 556. The third-order valence-electron chi connectivity index (χ3n) is 1.83. The first kappa shape index (κ1) is 14.5. The Morgan fingerprint density at radius 3 is 2.28 bits per heavy atom. The molecule has 0 aliphatic carbocycles. The largest absolute Gasteiger partial charge is 0.573 e. The number of nitrogens with two attached hydrogens (primary N) is 1. The number of pyridine rings is 1. The summed E-state index contributed by atoms with van der Waals surface area (Å²) in [5.74, 6) is -1.47. The van der Waals surface area contributed by atoms with Crippen LogP contribution in [0.15, 0.2) is 11.2 Å². The van der Waals surface area contributed by atoms with E-state index in [0.717, 1.165) is 13.3 Å². The summed E-state index contributed by atoms with van der Waals surface area (Å²) < 4.78 is 67.1. The lowest BCUT2D eigenvalue weighted by molar-refractivity contribution is -0.275. The second kappa shape index (κ2) is 4.61. The minimum Gasteiger partial charge on any atom is -0.490 e. The van der Waals surface area contributed by atoms with Crippen LogP contribution in [0.25, 0.3) is 0 Å². The van der Waals surface area contributed by atoms with E-state index in [1.165, 1.54) is 6.92 Å². The molecule has 1 aromatic rings. The van der Waals surface area contributed by atoms with Crippen molar-refractivity contribution >= 4 is 10.0 Å². The summed E-state index contributed by atoms with van der Waals surface area (Å²) in [4.78, 5) is 3.43. The van der Waals surface area contributed by atoms with Crippen molar-refractivity contribution in [1.82, 2.24) is 4.98 Å². The molecule has 0 radical (unpaired) electrons. The second-order valence-electron chi connectivity index (χ2n) is 3.20. The molecule has 102 valence electrons. The van der Waals surface area contributed by atoms with Crippen LogP contribution in [0.5, 0.6) is 11.5 Å². The van der Waals surface area contributed by atoms with Crippen LogP contribution in [-0.2, 0) is 10.0 Å². The standard InChI is InChI=1S/C8H9F3N2O4S/c1-4-3-13-7(18(12,14)15)6(16-2)5(4)17-8(9,10)11/h3H,1-2H3,(H2,12,14,15). The van der Waals surface area contributed by atoms with Gasteiger partial charge in [0.25, 0.3) is 10.0 Å². The number of hydrogen-bond acceptors (Lipinski definition) is 5. The van der Waals surface area contributed by atoms with Crippen molar-refractivity contribution < 1.29 is 31.1 Å². The monoisotopic (exact) mass is 286 g/mol. The molecule has 0 bridgehead atoms. The van der Waals surface area contributed by atoms with Gasteiger partial charge in [-0.1, -0.05) is 0 Å². The fourth-order valence-corrected chi connectivity index (χ4v) is 1.81. The minimum atomic E-state index is -4.99. The van der Waals surface area contributed by atoms with E-state index in [9.17, 15) is 21.6 Å². The molecule has 18 heavy (non-hydrogen) atoms. The van der Waals surface area contributed by atoms with E-state index in [1.807, 2.05) is 0 Å². The minimum absolute atomic E-state index is 0.0448. The quantitative estimate of drug-likeness (QED) is 0.893. The summed E-state index contributed by atoms with van der Waals surface area (Å²) in [5.41, 5.74) is -0.0448. The molecule has 0 aliphatic heterocycles. The maximum absolute atomic E-state index is 12.2. The Kier molecular flexibility index (Phi) is 3.72. The van der Waals surface area contributed by atoms with Crippen molar-refractivity contribution in [3.63, 3.8) is 0 Å². The molecule has 1 heterocycles. The van der Waals surface area contributed by atoms with Crippen molar-refractivity contribution in [1.29, 1.82) is 0 Å². The predicted octanol–water partition coefficient (Wildman–Crippen LogP) is 0.945. The highest BCUT2D eigenvalue weighted by molar-refractivity contribution is 7.89. The lowest BCUT2D eigenvalue weighted by Crippen LogP contribution is -2.21. The summed E-state index contributed by atoms with van der Waals surface area (Å²) in [6, 6.07) is 0. The van der Waals surface area contributed by atoms with E-state index in [4.69, 9.17) is 5.14 Å². The van der Waals surface area contributed by atoms with Gasteiger partial charge in [-0.2, -0.15) is 0 Å². The van der Waals surface area contributed by atoms with Crippen LogP contribution in [-0.4, -0.2) is 26.9 Å². The van der Waals surface area contributed by atoms with E-state index < -0.39 is 32.9 Å². The predicted molar refractivity (Wildman–Crippen MR) is 53.6 cm³/mol. The number of rotatable bonds is 3. The summed E-state index contributed by atoms with van der Waals surface area (Å²) in [5, 5.41) is 3.98. The number of alkyl halides is 3. The topological polar surface area (TPSA) is 91.5 Å². The number of sulfonamides is 1. The van der Waals surface area contributed by atoms with Gasteiger partial charge in [0.05, 0.1) is 7.11 Å². The van der Waals surface area contributed by atoms with Gasteiger partial charge < -0.3 is 9.47 Å². The zero-order chi connectivity index (χ0) is 14.1. The van der Waals surface area contributed by atoms with Crippen molar-refractivity contribution in [2.75, 3.05) is 7.11 Å². The molecule has 0 atom stereocenters. The average molecular weight is 286 g/mol. The third kappa shape index (κ3) is 3.23. The zero-order valence-electron chi connectivity index (χ0n) is 9.28. The van der Waals surface area contributed by atoms with Gasteiger partial charge in [0.15, 0.2) is 5.75 Å². The third-order valence-corrected chi connectivity index (χ3v) is 2.66. The smallest absolute Gasteiger partial charge is 0.490 e. The van der Waals surface area contributed by atoms with Gasteiger partial charge in [-0.3, -0.25) is 0 Å². The highest BCUT2D eigenvalue weighted by Crippen LogP contribution is 2.38. The first-order valence-electron chi connectivity index (χ1n) is 4.38.